The molecule has 0 unspecified atom stereocenters. The zero-order chi connectivity index (χ0) is 10.4. The van der Waals surface area contributed by atoms with Crippen molar-refractivity contribution in [2.75, 3.05) is 13.1 Å². The molecular weight excluding hydrogens is 176 g/mol. The second kappa shape index (κ2) is 5.75. The van der Waals surface area contributed by atoms with Crippen LogP contribution in [0.1, 0.15) is 18.6 Å². The molecule has 3 nitrogen and oxygen atoms in total. The molecule has 0 bridgehead atoms. The van der Waals surface area contributed by atoms with Gasteiger partial charge in [0.1, 0.15) is 0 Å². The van der Waals surface area contributed by atoms with Crippen LogP contribution in [0.15, 0.2) is 30.3 Å². The van der Waals surface area contributed by atoms with Crippen molar-refractivity contribution in [3.8, 4) is 0 Å². The second-order valence-electron chi connectivity index (χ2n) is 3.47. The van der Waals surface area contributed by atoms with Crippen LogP contribution >= 0.6 is 0 Å². The molecule has 0 aliphatic rings. The molecule has 0 saturated carbocycles. The third kappa shape index (κ3) is 3.46. The van der Waals surface area contributed by atoms with Gasteiger partial charge in [-0.25, -0.2) is 0 Å². The normalized spacial score (nSPS) is 15.1. The molecular formula is C11H18N2O. The van der Waals surface area contributed by atoms with E-state index >= 15 is 0 Å². The Bertz CT molecular complexity index is 251. The molecule has 0 amide bonds. The molecule has 1 rings (SSSR count). The molecule has 0 aliphatic carbocycles. The zero-order valence-corrected chi connectivity index (χ0v) is 8.48. The van der Waals surface area contributed by atoms with Crippen LogP contribution in [0.5, 0.6) is 0 Å². The van der Waals surface area contributed by atoms with Gasteiger partial charge in [0.15, 0.2) is 0 Å². The first kappa shape index (κ1) is 11.2. The third-order valence-corrected chi connectivity index (χ3v) is 2.20. The van der Waals surface area contributed by atoms with Crippen LogP contribution in [0.3, 0.4) is 0 Å². The fourth-order valence-corrected chi connectivity index (χ4v) is 1.19. The first-order chi connectivity index (χ1) is 6.74. The van der Waals surface area contributed by atoms with Crippen molar-refractivity contribution < 1.29 is 5.11 Å². The molecule has 1 aromatic carbocycles. The van der Waals surface area contributed by atoms with E-state index in [0.29, 0.717) is 13.1 Å². The largest absolute Gasteiger partial charge is 0.387 e. The molecule has 4 N–H and O–H groups in total. The van der Waals surface area contributed by atoms with Crippen LogP contribution in [0, 0.1) is 0 Å². The molecule has 0 spiro atoms. The summed E-state index contributed by atoms with van der Waals surface area (Å²) < 4.78 is 0. The van der Waals surface area contributed by atoms with E-state index in [0.717, 1.165) is 5.56 Å². The minimum Gasteiger partial charge on any atom is -0.387 e. The highest BCUT2D eigenvalue weighted by Crippen LogP contribution is 2.10. The Kier molecular flexibility index (Phi) is 4.59. The van der Waals surface area contributed by atoms with Crippen molar-refractivity contribution in [1.29, 1.82) is 0 Å². The Balaban J connectivity index is 2.39. The smallest absolute Gasteiger partial charge is 0.0914 e. The molecule has 0 aromatic heterocycles. The van der Waals surface area contributed by atoms with E-state index in [2.05, 4.69) is 5.32 Å². The first-order valence-corrected chi connectivity index (χ1v) is 4.90. The lowest BCUT2D eigenvalue weighted by atomic mass is 10.1. The predicted octanol–water partition coefficient (Wildman–Crippen LogP) is 0.657. The summed E-state index contributed by atoms with van der Waals surface area (Å²) in [5, 5.41) is 12.9. The number of aliphatic hydroxyl groups is 1. The number of nitrogens with two attached hydrogens (primary N) is 1. The third-order valence-electron chi connectivity index (χ3n) is 2.20. The summed E-state index contributed by atoms with van der Waals surface area (Å²) >= 11 is 0. The van der Waals surface area contributed by atoms with Crippen molar-refractivity contribution in [2.45, 2.75) is 19.1 Å². The van der Waals surface area contributed by atoms with Gasteiger partial charge >= 0.3 is 0 Å². The van der Waals surface area contributed by atoms with Crippen LogP contribution in [-0.4, -0.2) is 24.2 Å². The average Bonchev–Trinajstić information content (AvgIpc) is 2.26. The molecule has 0 heterocycles. The summed E-state index contributed by atoms with van der Waals surface area (Å²) in [5.74, 6) is 0. The van der Waals surface area contributed by atoms with Crippen LogP contribution in [0.4, 0.5) is 0 Å². The monoisotopic (exact) mass is 194 g/mol. The highest BCUT2D eigenvalue weighted by Gasteiger charge is 2.07. The van der Waals surface area contributed by atoms with Crippen molar-refractivity contribution in [3.05, 3.63) is 35.9 Å². The van der Waals surface area contributed by atoms with Gasteiger partial charge in [-0.2, -0.15) is 0 Å². The summed E-state index contributed by atoms with van der Waals surface area (Å²) in [6, 6.07) is 9.86. The molecule has 0 fully saturated rings. The van der Waals surface area contributed by atoms with Gasteiger partial charge in [-0.05, 0) is 12.5 Å². The van der Waals surface area contributed by atoms with Crippen LogP contribution in [0.2, 0.25) is 0 Å². The van der Waals surface area contributed by atoms with Gasteiger partial charge in [0.25, 0.3) is 0 Å². The zero-order valence-electron chi connectivity index (χ0n) is 8.48. The summed E-state index contributed by atoms with van der Waals surface area (Å²) in [5.41, 5.74) is 6.39. The van der Waals surface area contributed by atoms with E-state index in [1.54, 1.807) is 0 Å². The maximum Gasteiger partial charge on any atom is 0.0914 e. The summed E-state index contributed by atoms with van der Waals surface area (Å²) in [6.07, 6.45) is -0.454. The van der Waals surface area contributed by atoms with Gasteiger partial charge in [0, 0.05) is 19.1 Å². The maximum atomic E-state index is 9.76. The molecule has 14 heavy (non-hydrogen) atoms. The molecule has 0 saturated heterocycles. The van der Waals surface area contributed by atoms with Gasteiger partial charge in [-0.1, -0.05) is 30.3 Å². The SMILES string of the molecule is C[C@@H](CN)NC[C@H](O)c1ccccc1. The van der Waals surface area contributed by atoms with E-state index < -0.39 is 6.10 Å². The van der Waals surface area contributed by atoms with Crippen molar-refractivity contribution >= 4 is 0 Å². The fraction of sp³-hybridized carbons (Fsp3) is 0.455. The van der Waals surface area contributed by atoms with Gasteiger partial charge in [-0.3, -0.25) is 0 Å². The molecule has 1 aromatic rings. The summed E-state index contributed by atoms with van der Waals surface area (Å²) in [7, 11) is 0. The van der Waals surface area contributed by atoms with Crippen LogP contribution in [-0.2, 0) is 0 Å². The Morgan fingerprint density at radius 1 is 1.36 bits per heavy atom. The van der Waals surface area contributed by atoms with Gasteiger partial charge < -0.3 is 16.2 Å². The molecule has 2 atom stereocenters. The van der Waals surface area contributed by atoms with Gasteiger partial charge in [0.05, 0.1) is 6.10 Å². The molecule has 3 heteroatoms. The number of nitrogens with one attached hydrogen (secondary N) is 1. The van der Waals surface area contributed by atoms with Crippen molar-refractivity contribution in [3.63, 3.8) is 0 Å². The highest BCUT2D eigenvalue weighted by atomic mass is 16.3. The number of benzene rings is 1. The Morgan fingerprint density at radius 3 is 2.57 bits per heavy atom. The standard InChI is InChI=1S/C11H18N2O/c1-9(7-12)13-8-11(14)10-5-3-2-4-6-10/h2-6,9,11,13-14H,7-8,12H2,1H3/t9-,11-/m0/s1. The molecule has 0 aliphatic heterocycles. The Hall–Kier alpha value is -0.900. The summed E-state index contributed by atoms with van der Waals surface area (Å²) in [6.45, 7) is 3.13. The average molecular weight is 194 g/mol. The van der Waals surface area contributed by atoms with E-state index in [4.69, 9.17) is 5.73 Å². The lowest BCUT2D eigenvalue weighted by Crippen LogP contribution is -2.35. The Labute approximate surface area is 84.9 Å². The fourth-order valence-electron chi connectivity index (χ4n) is 1.19. The van der Waals surface area contributed by atoms with Crippen LogP contribution < -0.4 is 11.1 Å². The van der Waals surface area contributed by atoms with Crippen molar-refractivity contribution in [2.24, 2.45) is 5.73 Å². The number of rotatable bonds is 5. The lowest BCUT2D eigenvalue weighted by Gasteiger charge is -2.15. The predicted molar refractivity (Wildman–Crippen MR) is 57.9 cm³/mol. The number of hydrogen-bond acceptors (Lipinski definition) is 3. The number of hydrogen-bond donors (Lipinski definition) is 3. The Morgan fingerprint density at radius 2 is 2.00 bits per heavy atom. The molecule has 78 valence electrons. The van der Waals surface area contributed by atoms with Gasteiger partial charge in [-0.15, -0.1) is 0 Å². The lowest BCUT2D eigenvalue weighted by molar-refractivity contribution is 0.171. The van der Waals surface area contributed by atoms with E-state index in [1.807, 2.05) is 37.3 Å². The minimum absolute atomic E-state index is 0.244. The summed E-state index contributed by atoms with van der Waals surface area (Å²) in [4.78, 5) is 0. The van der Waals surface area contributed by atoms with E-state index in [-0.39, 0.29) is 6.04 Å². The quantitative estimate of drug-likeness (QED) is 0.645. The van der Waals surface area contributed by atoms with E-state index in [9.17, 15) is 5.11 Å². The van der Waals surface area contributed by atoms with Crippen LogP contribution in [0.25, 0.3) is 0 Å². The second-order valence-corrected chi connectivity index (χ2v) is 3.47. The number of aliphatic hydroxyl groups excluding tert-OH is 1. The topological polar surface area (TPSA) is 58.3 Å². The van der Waals surface area contributed by atoms with Crippen molar-refractivity contribution in [1.82, 2.24) is 5.32 Å². The van der Waals surface area contributed by atoms with E-state index in [1.165, 1.54) is 0 Å². The minimum atomic E-state index is -0.454. The highest BCUT2D eigenvalue weighted by molar-refractivity contribution is 5.17. The van der Waals surface area contributed by atoms with Gasteiger partial charge in [0.2, 0.25) is 0 Å². The molecule has 0 radical (unpaired) electrons. The first-order valence-electron chi connectivity index (χ1n) is 4.90. The maximum absolute atomic E-state index is 9.76.